The molecule has 3 heterocycles. The highest BCUT2D eigenvalue weighted by atomic mass is 16.7. The Bertz CT molecular complexity index is 1280. The molecule has 0 saturated carbocycles. The first kappa shape index (κ1) is 46.6. The second kappa shape index (κ2) is 18.2. The fraction of sp³-hybridized carbons (Fsp3) is 0.923. The van der Waals surface area contributed by atoms with Gasteiger partial charge < -0.3 is 58.5 Å². The lowest BCUT2D eigenvalue weighted by molar-refractivity contribution is -0.318. The van der Waals surface area contributed by atoms with Crippen LogP contribution in [0.2, 0.25) is 0 Å². The molecule has 0 amide bonds. The standard InChI is InChI=1S/C39H69NO14/c1-15-27-39(11,47)32(44)21(4)29(42)19(2)17-37(9,46)33(54-36-30(43)26(40(12)13)16-20(3)49-36)22(5)31(23(6)35(45)52-27)53-28-18-38(10,48-14)34(24(7)50-28)51-25(8)41/h19-24,26-28,30-34,36,43-44,46-47H,15-18H2,1-14H3. The minimum Gasteiger partial charge on any atom is -0.459 e. The number of aliphatic hydroxyl groups excluding tert-OH is 2. The van der Waals surface area contributed by atoms with Crippen molar-refractivity contribution in [2.45, 2.75) is 186 Å². The van der Waals surface area contributed by atoms with Crippen LogP contribution in [0, 0.1) is 23.7 Å². The molecule has 0 aromatic heterocycles. The smallest absolute Gasteiger partial charge is 0.311 e. The normalized spacial score (nSPS) is 47.5. The Morgan fingerprint density at radius 1 is 0.926 bits per heavy atom. The Kier molecular flexibility index (Phi) is 15.7. The second-order valence-electron chi connectivity index (χ2n) is 17.1. The van der Waals surface area contributed by atoms with Crippen LogP contribution in [0.3, 0.4) is 0 Å². The molecule has 3 aliphatic rings. The summed E-state index contributed by atoms with van der Waals surface area (Å²) in [6.45, 7) is 17.6. The lowest BCUT2D eigenvalue weighted by Gasteiger charge is -2.49. The van der Waals surface area contributed by atoms with Gasteiger partial charge in [0.25, 0.3) is 0 Å². The van der Waals surface area contributed by atoms with Crippen molar-refractivity contribution in [3.8, 4) is 0 Å². The molecule has 15 nitrogen and oxygen atoms in total. The van der Waals surface area contributed by atoms with Crippen LogP contribution in [0.15, 0.2) is 0 Å². The number of methoxy groups -OCH3 is 1. The number of Topliss-reactive ketones (excluding diaryl/α,β-unsaturated/α-hetero) is 1. The molecule has 54 heavy (non-hydrogen) atoms. The first-order valence-electron chi connectivity index (χ1n) is 19.4. The number of ether oxygens (including phenoxy) is 7. The van der Waals surface area contributed by atoms with Crippen molar-refractivity contribution in [3.05, 3.63) is 0 Å². The summed E-state index contributed by atoms with van der Waals surface area (Å²) in [4.78, 5) is 41.9. The quantitative estimate of drug-likeness (QED) is 0.262. The van der Waals surface area contributed by atoms with Crippen molar-refractivity contribution in [2.75, 3.05) is 21.2 Å². The fourth-order valence-electron chi connectivity index (χ4n) is 8.80. The molecule has 15 heteroatoms. The van der Waals surface area contributed by atoms with Crippen LogP contribution in [0.5, 0.6) is 0 Å². The van der Waals surface area contributed by atoms with E-state index in [0.29, 0.717) is 6.42 Å². The number of carbonyl (C=O) groups is 3. The molecule has 0 aromatic carbocycles. The van der Waals surface area contributed by atoms with Gasteiger partial charge >= 0.3 is 11.9 Å². The molecule has 0 aliphatic carbocycles. The van der Waals surface area contributed by atoms with Gasteiger partial charge in [0.2, 0.25) is 0 Å². The van der Waals surface area contributed by atoms with Gasteiger partial charge in [-0.3, -0.25) is 14.4 Å². The molecule has 0 spiro atoms. The van der Waals surface area contributed by atoms with Crippen molar-refractivity contribution in [1.82, 2.24) is 4.90 Å². The topological polar surface area (TPSA) is 200 Å². The van der Waals surface area contributed by atoms with E-state index in [0.717, 1.165) is 0 Å². The van der Waals surface area contributed by atoms with Gasteiger partial charge in [-0.2, -0.15) is 0 Å². The number of aliphatic hydroxyl groups is 4. The molecule has 0 radical (unpaired) electrons. The highest BCUT2D eigenvalue weighted by molar-refractivity contribution is 5.83. The average Bonchev–Trinajstić information content (AvgIpc) is 3.08. The Morgan fingerprint density at radius 2 is 1.54 bits per heavy atom. The van der Waals surface area contributed by atoms with Crippen LogP contribution in [0.4, 0.5) is 0 Å². The van der Waals surface area contributed by atoms with Gasteiger partial charge in [-0.1, -0.05) is 27.7 Å². The number of rotatable bonds is 8. The van der Waals surface area contributed by atoms with E-state index in [2.05, 4.69) is 0 Å². The van der Waals surface area contributed by atoms with Gasteiger partial charge in [0.05, 0.1) is 42.0 Å². The third-order valence-electron chi connectivity index (χ3n) is 12.1. The average molecular weight is 776 g/mol. The summed E-state index contributed by atoms with van der Waals surface area (Å²) in [5, 5.41) is 47.0. The monoisotopic (exact) mass is 775 g/mol. The summed E-state index contributed by atoms with van der Waals surface area (Å²) >= 11 is 0. The maximum atomic E-state index is 14.2. The van der Waals surface area contributed by atoms with E-state index in [-0.39, 0.29) is 31.4 Å². The molecule has 3 fully saturated rings. The van der Waals surface area contributed by atoms with Crippen molar-refractivity contribution in [2.24, 2.45) is 23.7 Å². The summed E-state index contributed by atoms with van der Waals surface area (Å²) in [6, 6.07) is -0.339. The zero-order valence-corrected chi connectivity index (χ0v) is 34.8. The number of likely N-dealkylation sites (N-methyl/N-ethyl adjacent to an activating group) is 1. The van der Waals surface area contributed by atoms with Gasteiger partial charge in [-0.15, -0.1) is 0 Å². The summed E-state index contributed by atoms with van der Waals surface area (Å²) in [5.74, 6) is -5.60. The van der Waals surface area contributed by atoms with Crippen LogP contribution < -0.4 is 0 Å². The fourth-order valence-corrected chi connectivity index (χ4v) is 8.80. The third kappa shape index (κ3) is 10.2. The molecular formula is C39H69NO14. The molecule has 3 aliphatic heterocycles. The Labute approximate surface area is 321 Å². The number of hydrogen-bond acceptors (Lipinski definition) is 15. The summed E-state index contributed by atoms with van der Waals surface area (Å²) in [7, 11) is 5.17. The van der Waals surface area contributed by atoms with E-state index < -0.39 is 114 Å². The first-order chi connectivity index (χ1) is 24.8. The highest BCUT2D eigenvalue weighted by Gasteiger charge is 2.54. The Morgan fingerprint density at radius 3 is 2.07 bits per heavy atom. The maximum absolute atomic E-state index is 14.2. The second-order valence-corrected chi connectivity index (χ2v) is 17.1. The van der Waals surface area contributed by atoms with E-state index in [1.807, 2.05) is 25.9 Å². The Hall–Kier alpha value is -1.79. The van der Waals surface area contributed by atoms with Crippen LogP contribution in [-0.2, 0) is 47.5 Å². The number of ketones is 1. The summed E-state index contributed by atoms with van der Waals surface area (Å²) < 4.78 is 43.1. The first-order valence-corrected chi connectivity index (χ1v) is 19.4. The SMILES string of the molecule is CCC1OC(=O)C(C)C(OC2CC(C)(OC)C(OC(C)=O)C(C)O2)C(C)C(OC2OC(C)CC(N(C)C)C2O)C(C)(O)CC(C)C(=O)C(C)C(O)C1(C)O. The lowest BCUT2D eigenvalue weighted by Crippen LogP contribution is -2.61. The van der Waals surface area contributed by atoms with Gasteiger partial charge in [0.15, 0.2) is 18.7 Å². The molecule has 0 aromatic rings. The molecule has 18 unspecified atom stereocenters. The van der Waals surface area contributed by atoms with Crippen molar-refractivity contribution < 1.29 is 68.0 Å². The Balaban J connectivity index is 2.19. The third-order valence-corrected chi connectivity index (χ3v) is 12.1. The molecule has 3 rings (SSSR count). The van der Waals surface area contributed by atoms with E-state index in [4.69, 9.17) is 33.2 Å². The van der Waals surface area contributed by atoms with Crippen molar-refractivity contribution in [1.29, 1.82) is 0 Å². The molecule has 4 N–H and O–H groups in total. The summed E-state index contributed by atoms with van der Waals surface area (Å²) in [5.41, 5.74) is -4.89. The van der Waals surface area contributed by atoms with Gasteiger partial charge in [-0.25, -0.2) is 0 Å². The number of cyclic esters (lactones) is 1. The van der Waals surface area contributed by atoms with E-state index in [1.54, 1.807) is 41.5 Å². The maximum Gasteiger partial charge on any atom is 0.311 e. The predicted octanol–water partition coefficient (Wildman–Crippen LogP) is 2.36. The molecular weight excluding hydrogens is 706 g/mol. The largest absolute Gasteiger partial charge is 0.459 e. The number of carbonyl (C=O) groups excluding carboxylic acids is 3. The number of esters is 2. The van der Waals surface area contributed by atoms with Gasteiger partial charge in [0, 0.05) is 44.2 Å². The van der Waals surface area contributed by atoms with Gasteiger partial charge in [-0.05, 0) is 74.9 Å². The van der Waals surface area contributed by atoms with Crippen LogP contribution in [0.25, 0.3) is 0 Å². The lowest BCUT2D eigenvalue weighted by atomic mass is 9.74. The van der Waals surface area contributed by atoms with Crippen LogP contribution in [-0.4, -0.2) is 149 Å². The zero-order chi connectivity index (χ0) is 41.2. The van der Waals surface area contributed by atoms with Gasteiger partial charge in [0.1, 0.15) is 29.2 Å². The summed E-state index contributed by atoms with van der Waals surface area (Å²) in [6.07, 6.45) is -9.75. The number of nitrogens with zero attached hydrogens (tertiary/aromatic N) is 1. The molecule has 0 bridgehead atoms. The zero-order valence-electron chi connectivity index (χ0n) is 34.8. The highest BCUT2D eigenvalue weighted by Crippen LogP contribution is 2.41. The predicted molar refractivity (Wildman–Crippen MR) is 196 cm³/mol. The molecule has 314 valence electrons. The number of hydrogen-bond donors (Lipinski definition) is 4. The van der Waals surface area contributed by atoms with Crippen LogP contribution in [0.1, 0.15) is 102 Å². The minimum atomic E-state index is -2.01. The van der Waals surface area contributed by atoms with E-state index in [9.17, 15) is 34.8 Å². The van der Waals surface area contributed by atoms with Crippen molar-refractivity contribution >= 4 is 17.7 Å². The van der Waals surface area contributed by atoms with E-state index in [1.165, 1.54) is 34.8 Å². The van der Waals surface area contributed by atoms with Crippen molar-refractivity contribution in [3.63, 3.8) is 0 Å². The van der Waals surface area contributed by atoms with E-state index >= 15 is 0 Å². The minimum absolute atomic E-state index is 0.0765. The van der Waals surface area contributed by atoms with Crippen LogP contribution >= 0.6 is 0 Å². The molecule has 3 saturated heterocycles. The molecule has 18 atom stereocenters.